The zero-order chi connectivity index (χ0) is 11.6. The fourth-order valence-electron chi connectivity index (χ4n) is 1.49. The van der Waals surface area contributed by atoms with Gasteiger partial charge < -0.3 is 30.5 Å². The summed E-state index contributed by atoms with van der Waals surface area (Å²) in [4.78, 5) is 10.7. The first-order valence-electron chi connectivity index (χ1n) is 4.55. The molecule has 1 aliphatic heterocycles. The van der Waals surface area contributed by atoms with Crippen molar-refractivity contribution in [1.29, 1.82) is 0 Å². The lowest BCUT2D eigenvalue weighted by atomic mass is 9.97. The van der Waals surface area contributed by atoms with Gasteiger partial charge in [0, 0.05) is 6.92 Å². The van der Waals surface area contributed by atoms with E-state index in [9.17, 15) is 20.1 Å². The predicted molar refractivity (Wildman–Crippen MR) is 50.1 cm³/mol. The van der Waals surface area contributed by atoms with Gasteiger partial charge in [0.05, 0.1) is 6.61 Å². The molecule has 1 amide bonds. The first-order chi connectivity index (χ1) is 6.97. The molecule has 1 heterocycles. The van der Waals surface area contributed by atoms with E-state index >= 15 is 0 Å². The minimum Gasteiger partial charge on any atom is -0.394 e. The van der Waals surface area contributed by atoms with Crippen molar-refractivity contribution in [3.63, 3.8) is 0 Å². The van der Waals surface area contributed by atoms with Crippen LogP contribution in [0.4, 0.5) is 4.70 Å². The molecule has 96 valence electrons. The topological polar surface area (TPSA) is 119 Å². The number of ether oxygens (including phenoxy) is 1. The number of nitrogens with one attached hydrogen (secondary N) is 1. The SMILES string of the molecule is CC(=O)N[C@H]1C(O)O[C@H](CO)[C@H](O)[C@@H]1O.F. The van der Waals surface area contributed by atoms with Gasteiger partial charge in [-0.15, -0.1) is 0 Å². The monoisotopic (exact) mass is 241 g/mol. The molecule has 0 spiro atoms. The van der Waals surface area contributed by atoms with Crippen LogP contribution in [-0.4, -0.2) is 63.6 Å². The molecule has 0 aliphatic carbocycles. The number of carbonyl (C=O) groups excluding carboxylic acids is 1. The number of hydrogen-bond acceptors (Lipinski definition) is 6. The molecule has 1 unspecified atom stereocenters. The highest BCUT2D eigenvalue weighted by molar-refractivity contribution is 5.73. The Morgan fingerprint density at radius 2 is 1.88 bits per heavy atom. The maximum absolute atomic E-state index is 10.7. The summed E-state index contributed by atoms with van der Waals surface area (Å²) in [6.45, 7) is 0.687. The average Bonchev–Trinajstić information content (AvgIpc) is 2.18. The van der Waals surface area contributed by atoms with Crippen molar-refractivity contribution in [3.8, 4) is 0 Å². The fraction of sp³-hybridized carbons (Fsp3) is 0.875. The van der Waals surface area contributed by atoms with Gasteiger partial charge in [-0.25, -0.2) is 0 Å². The Kier molecular flexibility index (Phi) is 5.76. The van der Waals surface area contributed by atoms with Gasteiger partial charge in [0.25, 0.3) is 0 Å². The third-order valence-corrected chi connectivity index (χ3v) is 2.27. The molecule has 1 saturated heterocycles. The average molecular weight is 241 g/mol. The summed E-state index contributed by atoms with van der Waals surface area (Å²) in [7, 11) is 0. The summed E-state index contributed by atoms with van der Waals surface area (Å²) in [6.07, 6.45) is -5.24. The lowest BCUT2D eigenvalue weighted by molar-refractivity contribution is -0.253. The van der Waals surface area contributed by atoms with E-state index in [4.69, 9.17) is 9.84 Å². The molecule has 5 atom stereocenters. The number of hydrogen-bond donors (Lipinski definition) is 5. The first kappa shape index (κ1) is 15.2. The summed E-state index contributed by atoms with van der Waals surface area (Å²) < 4.78 is 4.81. The highest BCUT2D eigenvalue weighted by Crippen LogP contribution is 2.19. The predicted octanol–water partition coefficient (Wildman–Crippen LogP) is -2.93. The summed E-state index contributed by atoms with van der Waals surface area (Å²) in [5.74, 6) is -0.462. The van der Waals surface area contributed by atoms with Crippen LogP contribution in [0.5, 0.6) is 0 Å². The fourth-order valence-corrected chi connectivity index (χ4v) is 1.49. The summed E-state index contributed by atoms with van der Waals surface area (Å²) in [5.41, 5.74) is 0. The summed E-state index contributed by atoms with van der Waals surface area (Å²) in [6, 6.07) is -1.10. The van der Waals surface area contributed by atoms with Crippen LogP contribution in [0.1, 0.15) is 6.92 Å². The van der Waals surface area contributed by atoms with Crippen LogP contribution in [-0.2, 0) is 9.53 Å². The van der Waals surface area contributed by atoms with E-state index in [1.54, 1.807) is 0 Å². The van der Waals surface area contributed by atoms with E-state index in [2.05, 4.69) is 5.32 Å². The second kappa shape index (κ2) is 6.06. The van der Waals surface area contributed by atoms with Crippen LogP contribution in [0.15, 0.2) is 0 Å². The van der Waals surface area contributed by atoms with Crippen LogP contribution in [0, 0.1) is 0 Å². The van der Waals surface area contributed by atoms with Crippen molar-refractivity contribution in [3.05, 3.63) is 0 Å². The Hall–Kier alpha value is -0.800. The van der Waals surface area contributed by atoms with Crippen LogP contribution in [0.25, 0.3) is 0 Å². The molecular weight excluding hydrogens is 225 g/mol. The molecule has 1 fully saturated rings. The Morgan fingerprint density at radius 1 is 1.31 bits per heavy atom. The van der Waals surface area contributed by atoms with Gasteiger partial charge in [-0.05, 0) is 0 Å². The maximum atomic E-state index is 10.7. The second-order valence-electron chi connectivity index (χ2n) is 3.46. The van der Waals surface area contributed by atoms with Crippen molar-refractivity contribution in [2.45, 2.75) is 37.6 Å². The van der Waals surface area contributed by atoms with Crippen molar-refractivity contribution >= 4 is 5.91 Å². The highest BCUT2D eigenvalue weighted by Gasteiger charge is 2.43. The maximum Gasteiger partial charge on any atom is 0.217 e. The number of aliphatic hydroxyl groups is 4. The van der Waals surface area contributed by atoms with Crippen molar-refractivity contribution < 1.29 is 34.7 Å². The zero-order valence-electron chi connectivity index (χ0n) is 8.61. The number of aliphatic hydroxyl groups excluding tert-OH is 4. The van der Waals surface area contributed by atoms with Gasteiger partial charge in [0.2, 0.25) is 5.91 Å². The van der Waals surface area contributed by atoms with Crippen LogP contribution in [0.2, 0.25) is 0 Å². The third kappa shape index (κ3) is 3.09. The Balaban J connectivity index is 0.00000225. The quantitative estimate of drug-likeness (QED) is 0.353. The molecule has 0 aromatic carbocycles. The van der Waals surface area contributed by atoms with E-state index < -0.39 is 43.2 Å². The van der Waals surface area contributed by atoms with Gasteiger partial charge in [0.15, 0.2) is 6.29 Å². The standard InChI is InChI=1S/C8H15NO6.FH/c1-3(11)9-5-7(13)6(12)4(2-10)15-8(5)14;/h4-8,10,12-14H,2H2,1H3,(H,9,11);1H/t4-,5-,6+,7-,8?;/m1./s1. The first-order valence-corrected chi connectivity index (χ1v) is 4.55. The van der Waals surface area contributed by atoms with E-state index in [1.165, 1.54) is 6.92 Å². The molecule has 1 rings (SSSR count). The van der Waals surface area contributed by atoms with Gasteiger partial charge in [0.1, 0.15) is 24.4 Å². The number of rotatable bonds is 2. The molecule has 8 heteroatoms. The summed E-state index contributed by atoms with van der Waals surface area (Å²) in [5, 5.41) is 39.4. The van der Waals surface area contributed by atoms with E-state index in [0.29, 0.717) is 0 Å². The molecular formula is C8H16FNO6. The molecule has 0 saturated carbocycles. The summed E-state index contributed by atoms with van der Waals surface area (Å²) >= 11 is 0. The van der Waals surface area contributed by atoms with E-state index in [-0.39, 0.29) is 4.70 Å². The van der Waals surface area contributed by atoms with Gasteiger partial charge in [-0.1, -0.05) is 0 Å². The Labute approximate surface area is 91.0 Å². The molecule has 0 aromatic rings. The van der Waals surface area contributed by atoms with Crippen molar-refractivity contribution in [2.75, 3.05) is 6.61 Å². The highest BCUT2D eigenvalue weighted by atomic mass is 19.0. The Morgan fingerprint density at radius 3 is 2.31 bits per heavy atom. The zero-order valence-corrected chi connectivity index (χ0v) is 8.61. The van der Waals surface area contributed by atoms with E-state index in [1.807, 2.05) is 0 Å². The molecule has 0 aromatic heterocycles. The van der Waals surface area contributed by atoms with Crippen LogP contribution in [0.3, 0.4) is 0 Å². The molecule has 7 nitrogen and oxygen atoms in total. The van der Waals surface area contributed by atoms with Crippen molar-refractivity contribution in [2.24, 2.45) is 0 Å². The van der Waals surface area contributed by atoms with Gasteiger partial charge in [-0.2, -0.15) is 0 Å². The van der Waals surface area contributed by atoms with Crippen LogP contribution >= 0.6 is 0 Å². The van der Waals surface area contributed by atoms with E-state index in [0.717, 1.165) is 0 Å². The molecule has 0 radical (unpaired) electrons. The molecule has 16 heavy (non-hydrogen) atoms. The normalized spacial score (nSPS) is 38.7. The third-order valence-electron chi connectivity index (χ3n) is 2.27. The number of halogens is 1. The molecule has 5 N–H and O–H groups in total. The lowest BCUT2D eigenvalue weighted by Gasteiger charge is -2.40. The Bertz CT molecular complexity index is 241. The largest absolute Gasteiger partial charge is 0.394 e. The van der Waals surface area contributed by atoms with Crippen molar-refractivity contribution in [1.82, 2.24) is 5.32 Å². The minimum absolute atomic E-state index is 0. The number of carbonyl (C=O) groups is 1. The smallest absolute Gasteiger partial charge is 0.217 e. The van der Waals surface area contributed by atoms with Crippen LogP contribution < -0.4 is 5.32 Å². The number of amides is 1. The van der Waals surface area contributed by atoms with Gasteiger partial charge in [-0.3, -0.25) is 9.50 Å². The lowest BCUT2D eigenvalue weighted by Crippen LogP contribution is -2.63. The molecule has 1 aliphatic rings. The second-order valence-corrected chi connectivity index (χ2v) is 3.46. The van der Waals surface area contributed by atoms with Gasteiger partial charge >= 0.3 is 0 Å². The molecule has 0 bridgehead atoms. The minimum atomic E-state index is -1.45.